The Morgan fingerprint density at radius 1 is 1.32 bits per heavy atom. The van der Waals surface area contributed by atoms with Crippen molar-refractivity contribution in [2.45, 2.75) is 6.10 Å². The molecule has 1 atom stereocenters. The van der Waals surface area contributed by atoms with Gasteiger partial charge in [-0.05, 0) is 18.2 Å². The standard InChI is InChI=1S/C14H19Cl2N3O3/c15-12-2-1-10(7-13(12)16)18-14(21)17-8-11(20)9-19-3-5-22-6-4-19/h1-2,7,11,20H,3-6,8-9H2,(H2,17,18,21)/t11-/m0/s1. The molecule has 0 radical (unpaired) electrons. The predicted molar refractivity (Wildman–Crippen MR) is 86.7 cm³/mol. The first-order valence-corrected chi connectivity index (χ1v) is 7.78. The van der Waals surface area contributed by atoms with Gasteiger partial charge in [0.25, 0.3) is 0 Å². The Hall–Kier alpha value is -1.05. The molecule has 0 aliphatic carbocycles. The van der Waals surface area contributed by atoms with E-state index in [1.165, 1.54) is 0 Å². The van der Waals surface area contributed by atoms with Crippen molar-refractivity contribution in [3.63, 3.8) is 0 Å². The average Bonchev–Trinajstić information content (AvgIpc) is 2.50. The number of nitrogens with zero attached hydrogens (tertiary/aromatic N) is 1. The quantitative estimate of drug-likeness (QED) is 0.759. The van der Waals surface area contributed by atoms with E-state index in [0.717, 1.165) is 13.1 Å². The maximum atomic E-state index is 11.8. The second-order valence-corrected chi connectivity index (χ2v) is 5.85. The van der Waals surface area contributed by atoms with Crippen molar-refractivity contribution in [3.8, 4) is 0 Å². The van der Waals surface area contributed by atoms with Gasteiger partial charge in [0.15, 0.2) is 0 Å². The number of carbonyl (C=O) groups is 1. The highest BCUT2D eigenvalue weighted by molar-refractivity contribution is 6.42. The molecule has 0 aromatic heterocycles. The zero-order valence-electron chi connectivity index (χ0n) is 12.0. The van der Waals surface area contributed by atoms with E-state index in [4.69, 9.17) is 27.9 Å². The van der Waals surface area contributed by atoms with Crippen LogP contribution in [0.2, 0.25) is 10.0 Å². The molecule has 0 saturated carbocycles. The van der Waals surface area contributed by atoms with E-state index in [0.29, 0.717) is 35.5 Å². The van der Waals surface area contributed by atoms with Gasteiger partial charge >= 0.3 is 6.03 Å². The molecule has 1 fully saturated rings. The minimum atomic E-state index is -0.627. The number of nitrogens with one attached hydrogen (secondary N) is 2. The van der Waals surface area contributed by atoms with E-state index in [2.05, 4.69) is 15.5 Å². The van der Waals surface area contributed by atoms with Crippen molar-refractivity contribution in [2.24, 2.45) is 0 Å². The first-order valence-electron chi connectivity index (χ1n) is 7.02. The van der Waals surface area contributed by atoms with E-state index >= 15 is 0 Å². The van der Waals surface area contributed by atoms with Gasteiger partial charge < -0.3 is 20.5 Å². The highest BCUT2D eigenvalue weighted by Gasteiger charge is 2.15. The lowest BCUT2D eigenvalue weighted by Crippen LogP contribution is -2.45. The molecule has 1 aliphatic rings. The molecule has 0 spiro atoms. The molecule has 3 N–H and O–H groups in total. The summed E-state index contributed by atoms with van der Waals surface area (Å²) in [6, 6.07) is 4.41. The first-order chi connectivity index (χ1) is 10.5. The Morgan fingerprint density at radius 2 is 2.05 bits per heavy atom. The number of anilines is 1. The van der Waals surface area contributed by atoms with Crippen molar-refractivity contribution in [3.05, 3.63) is 28.2 Å². The largest absolute Gasteiger partial charge is 0.390 e. The number of aliphatic hydroxyl groups excluding tert-OH is 1. The van der Waals surface area contributed by atoms with Crippen LogP contribution in [0, 0.1) is 0 Å². The van der Waals surface area contributed by atoms with Crippen LogP contribution in [0.15, 0.2) is 18.2 Å². The summed E-state index contributed by atoms with van der Waals surface area (Å²) in [4.78, 5) is 13.9. The average molecular weight is 348 g/mol. The van der Waals surface area contributed by atoms with Gasteiger partial charge in [0.1, 0.15) is 0 Å². The minimum absolute atomic E-state index is 0.171. The molecule has 8 heteroatoms. The molecule has 6 nitrogen and oxygen atoms in total. The second kappa shape index (κ2) is 8.55. The molecule has 0 unspecified atom stereocenters. The summed E-state index contributed by atoms with van der Waals surface area (Å²) >= 11 is 11.7. The number of halogens is 2. The van der Waals surface area contributed by atoms with Crippen molar-refractivity contribution in [1.82, 2.24) is 10.2 Å². The first kappa shape index (κ1) is 17.3. The number of aliphatic hydroxyl groups is 1. The number of β-amino-alcohol motifs (C(OH)–C–C–N with tert-alkyl or cyclic N) is 1. The molecule has 1 aromatic carbocycles. The monoisotopic (exact) mass is 347 g/mol. The van der Waals surface area contributed by atoms with Crippen LogP contribution >= 0.6 is 23.2 Å². The fourth-order valence-corrected chi connectivity index (χ4v) is 2.40. The van der Waals surface area contributed by atoms with Crippen LogP contribution in [0.3, 0.4) is 0 Å². The maximum absolute atomic E-state index is 11.8. The fourth-order valence-electron chi connectivity index (χ4n) is 2.11. The van der Waals surface area contributed by atoms with E-state index < -0.39 is 12.1 Å². The molecular formula is C14H19Cl2N3O3. The van der Waals surface area contributed by atoms with Crippen molar-refractivity contribution < 1.29 is 14.6 Å². The van der Waals surface area contributed by atoms with Gasteiger partial charge in [0.2, 0.25) is 0 Å². The summed E-state index contributed by atoms with van der Waals surface area (Å²) in [7, 11) is 0. The van der Waals surface area contributed by atoms with Crippen LogP contribution in [0.1, 0.15) is 0 Å². The maximum Gasteiger partial charge on any atom is 0.319 e. The Kier molecular flexibility index (Phi) is 6.72. The van der Waals surface area contributed by atoms with Crippen LogP contribution in [0.5, 0.6) is 0 Å². The SMILES string of the molecule is O=C(NC[C@H](O)CN1CCOCC1)Nc1ccc(Cl)c(Cl)c1. The second-order valence-electron chi connectivity index (χ2n) is 5.03. The Morgan fingerprint density at radius 3 is 2.73 bits per heavy atom. The van der Waals surface area contributed by atoms with Gasteiger partial charge in [0, 0.05) is 31.9 Å². The van der Waals surface area contributed by atoms with E-state index in [9.17, 15) is 9.90 Å². The van der Waals surface area contributed by atoms with E-state index in [1.807, 2.05) is 0 Å². The number of benzene rings is 1. The topological polar surface area (TPSA) is 73.8 Å². The summed E-state index contributed by atoms with van der Waals surface area (Å²) < 4.78 is 5.24. The normalized spacial score (nSPS) is 17.0. The molecule has 0 bridgehead atoms. The molecule has 22 heavy (non-hydrogen) atoms. The lowest BCUT2D eigenvalue weighted by atomic mass is 10.3. The summed E-state index contributed by atoms with van der Waals surface area (Å²) in [6.07, 6.45) is -0.627. The summed E-state index contributed by atoms with van der Waals surface area (Å²) in [6.45, 7) is 3.63. The summed E-state index contributed by atoms with van der Waals surface area (Å²) in [5.74, 6) is 0. The molecule has 122 valence electrons. The molecule has 1 heterocycles. The molecule has 2 rings (SSSR count). The van der Waals surface area contributed by atoms with Crippen molar-refractivity contribution in [2.75, 3.05) is 44.7 Å². The van der Waals surface area contributed by atoms with Gasteiger partial charge in [-0.25, -0.2) is 4.79 Å². The smallest absolute Gasteiger partial charge is 0.319 e. The van der Waals surface area contributed by atoms with Crippen LogP contribution < -0.4 is 10.6 Å². The molecule has 1 aromatic rings. The number of hydrogen-bond acceptors (Lipinski definition) is 4. The Bertz CT molecular complexity index is 510. The van der Waals surface area contributed by atoms with Gasteiger partial charge in [0.05, 0.1) is 29.4 Å². The van der Waals surface area contributed by atoms with Gasteiger partial charge in [-0.15, -0.1) is 0 Å². The van der Waals surface area contributed by atoms with Gasteiger partial charge in [-0.3, -0.25) is 4.90 Å². The van der Waals surface area contributed by atoms with E-state index in [1.54, 1.807) is 18.2 Å². The Balaban J connectivity index is 1.71. The van der Waals surface area contributed by atoms with Crippen molar-refractivity contribution >= 4 is 34.9 Å². The van der Waals surface area contributed by atoms with Crippen LogP contribution in [-0.4, -0.2) is 61.5 Å². The number of rotatable bonds is 5. The zero-order valence-corrected chi connectivity index (χ0v) is 13.5. The number of hydrogen-bond donors (Lipinski definition) is 3. The third-order valence-corrected chi connectivity index (χ3v) is 3.99. The molecule has 1 aliphatic heterocycles. The fraction of sp³-hybridized carbons (Fsp3) is 0.500. The summed E-state index contributed by atoms with van der Waals surface area (Å²) in [5, 5.41) is 16.0. The number of ether oxygens (including phenoxy) is 1. The number of morpholine rings is 1. The Labute approximate surface area is 139 Å². The molecule has 2 amide bonds. The highest BCUT2D eigenvalue weighted by Crippen LogP contribution is 2.24. The number of urea groups is 1. The lowest BCUT2D eigenvalue weighted by molar-refractivity contribution is 0.0154. The third-order valence-electron chi connectivity index (χ3n) is 3.25. The number of amides is 2. The predicted octanol–water partition coefficient (Wildman–Crippen LogP) is 1.81. The summed E-state index contributed by atoms with van der Waals surface area (Å²) in [5.41, 5.74) is 0.537. The zero-order chi connectivity index (χ0) is 15.9. The lowest BCUT2D eigenvalue weighted by Gasteiger charge is -2.28. The van der Waals surface area contributed by atoms with Crippen LogP contribution in [0.4, 0.5) is 10.5 Å². The van der Waals surface area contributed by atoms with Gasteiger partial charge in [-0.2, -0.15) is 0 Å². The highest BCUT2D eigenvalue weighted by atomic mass is 35.5. The minimum Gasteiger partial charge on any atom is -0.390 e. The molecule has 1 saturated heterocycles. The van der Waals surface area contributed by atoms with Crippen molar-refractivity contribution in [1.29, 1.82) is 0 Å². The van der Waals surface area contributed by atoms with E-state index in [-0.39, 0.29) is 6.54 Å². The van der Waals surface area contributed by atoms with Crippen LogP contribution in [0.25, 0.3) is 0 Å². The van der Waals surface area contributed by atoms with Gasteiger partial charge in [-0.1, -0.05) is 23.2 Å². The third kappa shape index (κ3) is 5.62. The molecular weight excluding hydrogens is 329 g/mol. The number of carbonyl (C=O) groups excluding carboxylic acids is 1. The van der Waals surface area contributed by atoms with Crippen LogP contribution in [-0.2, 0) is 4.74 Å².